The van der Waals surface area contributed by atoms with Crippen LogP contribution in [0.1, 0.15) is 85.2 Å². The summed E-state index contributed by atoms with van der Waals surface area (Å²) >= 11 is 12.1. The molecule has 0 aliphatic carbocycles. The number of amides is 1. The first kappa shape index (κ1) is 27.3. The molecule has 0 bridgehead atoms. The smallest absolute Gasteiger partial charge is 0.272 e. The number of halogens is 2. The van der Waals surface area contributed by atoms with Gasteiger partial charge in [0, 0.05) is 27.3 Å². The Kier molecular flexibility index (Phi) is 10.7. The van der Waals surface area contributed by atoms with Crippen molar-refractivity contribution in [3.05, 3.63) is 86.7 Å². The standard InChI is InChI=1S/C29H37Cl2N3O/c1-4-10-21(2)32-29(35)28-27(14-8-6-5-7-11-23-12-9-13-26(31)19-23)22(3)34(33-28)20-24-15-17-25(30)18-16-24/h9,12-13,15-19,21H,4-8,10-11,14,20H2,1-3H3,(H,32,35). The molecule has 0 fully saturated rings. The second-order valence-electron chi connectivity index (χ2n) is 9.40. The lowest BCUT2D eigenvalue weighted by atomic mass is 10.0. The fourth-order valence-electron chi connectivity index (χ4n) is 4.46. The van der Waals surface area contributed by atoms with Crippen molar-refractivity contribution in [1.82, 2.24) is 15.1 Å². The van der Waals surface area contributed by atoms with E-state index in [9.17, 15) is 4.79 Å². The summed E-state index contributed by atoms with van der Waals surface area (Å²) in [6.07, 6.45) is 8.34. The number of carbonyl (C=O) groups excluding carboxylic acids is 1. The highest BCUT2D eigenvalue weighted by atomic mass is 35.5. The first-order valence-electron chi connectivity index (χ1n) is 12.7. The Balaban J connectivity index is 1.64. The van der Waals surface area contributed by atoms with Crippen molar-refractivity contribution in [3.63, 3.8) is 0 Å². The van der Waals surface area contributed by atoms with Gasteiger partial charge in [-0.25, -0.2) is 0 Å². The highest BCUT2D eigenvalue weighted by molar-refractivity contribution is 6.30. The van der Waals surface area contributed by atoms with Crippen molar-refractivity contribution in [2.75, 3.05) is 0 Å². The van der Waals surface area contributed by atoms with E-state index in [-0.39, 0.29) is 11.9 Å². The summed E-state index contributed by atoms with van der Waals surface area (Å²) in [6.45, 7) is 6.88. The quantitative estimate of drug-likeness (QED) is 0.237. The van der Waals surface area contributed by atoms with Crippen LogP contribution in [0.3, 0.4) is 0 Å². The number of carbonyl (C=O) groups is 1. The minimum absolute atomic E-state index is 0.0696. The van der Waals surface area contributed by atoms with E-state index in [0.717, 1.165) is 73.2 Å². The molecule has 4 nitrogen and oxygen atoms in total. The van der Waals surface area contributed by atoms with Crippen LogP contribution in [0, 0.1) is 6.92 Å². The van der Waals surface area contributed by atoms with Gasteiger partial charge >= 0.3 is 0 Å². The van der Waals surface area contributed by atoms with E-state index in [1.807, 2.05) is 47.1 Å². The molecule has 1 aromatic heterocycles. The van der Waals surface area contributed by atoms with Crippen molar-refractivity contribution < 1.29 is 4.79 Å². The van der Waals surface area contributed by atoms with Crippen molar-refractivity contribution in [1.29, 1.82) is 0 Å². The van der Waals surface area contributed by atoms with Crippen LogP contribution in [0.2, 0.25) is 10.0 Å². The highest BCUT2D eigenvalue weighted by Crippen LogP contribution is 2.21. The maximum Gasteiger partial charge on any atom is 0.272 e. The zero-order valence-electron chi connectivity index (χ0n) is 21.1. The Labute approximate surface area is 220 Å². The summed E-state index contributed by atoms with van der Waals surface area (Å²) in [5, 5.41) is 9.42. The average Bonchev–Trinajstić information content (AvgIpc) is 3.13. The normalized spacial score (nSPS) is 12.0. The van der Waals surface area contributed by atoms with Crippen LogP contribution in [0.4, 0.5) is 0 Å². The van der Waals surface area contributed by atoms with Crippen molar-refractivity contribution >= 4 is 29.1 Å². The Morgan fingerprint density at radius 3 is 2.37 bits per heavy atom. The molecule has 6 heteroatoms. The van der Waals surface area contributed by atoms with E-state index < -0.39 is 0 Å². The number of unbranched alkanes of at least 4 members (excludes halogenated alkanes) is 3. The van der Waals surface area contributed by atoms with Gasteiger partial charge in [-0.2, -0.15) is 5.10 Å². The van der Waals surface area contributed by atoms with Gasteiger partial charge < -0.3 is 5.32 Å². The molecule has 0 saturated carbocycles. The topological polar surface area (TPSA) is 46.9 Å². The number of aromatic nitrogens is 2. The zero-order chi connectivity index (χ0) is 25.2. The summed E-state index contributed by atoms with van der Waals surface area (Å²) < 4.78 is 1.96. The third-order valence-electron chi connectivity index (χ3n) is 6.42. The van der Waals surface area contributed by atoms with Gasteiger partial charge in [0.25, 0.3) is 5.91 Å². The molecule has 1 atom stereocenters. The summed E-state index contributed by atoms with van der Waals surface area (Å²) in [4.78, 5) is 13.1. The molecule has 0 saturated heterocycles. The lowest BCUT2D eigenvalue weighted by Crippen LogP contribution is -2.33. The molecule has 1 N–H and O–H groups in total. The third-order valence-corrected chi connectivity index (χ3v) is 6.91. The number of rotatable bonds is 13. The lowest BCUT2D eigenvalue weighted by molar-refractivity contribution is 0.0931. The average molecular weight is 515 g/mol. The molecule has 35 heavy (non-hydrogen) atoms. The summed E-state index contributed by atoms with van der Waals surface area (Å²) in [6, 6.07) is 16.0. The molecule has 0 spiro atoms. The lowest BCUT2D eigenvalue weighted by Gasteiger charge is -2.12. The van der Waals surface area contributed by atoms with Crippen LogP contribution in [0.25, 0.3) is 0 Å². The van der Waals surface area contributed by atoms with Gasteiger partial charge in [0.05, 0.1) is 6.54 Å². The van der Waals surface area contributed by atoms with Gasteiger partial charge in [-0.1, -0.05) is 73.7 Å². The molecule has 188 valence electrons. The molecule has 1 unspecified atom stereocenters. The van der Waals surface area contributed by atoms with Crippen LogP contribution in [-0.2, 0) is 19.4 Å². The van der Waals surface area contributed by atoms with E-state index in [4.69, 9.17) is 28.3 Å². The molecular formula is C29H37Cl2N3O. The molecule has 0 radical (unpaired) electrons. The number of hydrogen-bond acceptors (Lipinski definition) is 2. The van der Waals surface area contributed by atoms with Crippen molar-refractivity contribution in [2.45, 2.75) is 84.7 Å². The first-order valence-corrected chi connectivity index (χ1v) is 13.5. The molecule has 3 rings (SSSR count). The third kappa shape index (κ3) is 8.40. The Morgan fingerprint density at radius 2 is 1.69 bits per heavy atom. The van der Waals surface area contributed by atoms with Crippen LogP contribution >= 0.6 is 23.2 Å². The number of nitrogens with one attached hydrogen (secondary N) is 1. The van der Waals surface area contributed by atoms with Gasteiger partial charge in [-0.3, -0.25) is 9.48 Å². The summed E-state index contributed by atoms with van der Waals surface area (Å²) in [5.74, 6) is -0.0696. The zero-order valence-corrected chi connectivity index (χ0v) is 22.6. The number of benzene rings is 2. The van der Waals surface area contributed by atoms with E-state index in [1.165, 1.54) is 5.56 Å². The van der Waals surface area contributed by atoms with E-state index in [0.29, 0.717) is 17.3 Å². The van der Waals surface area contributed by atoms with E-state index >= 15 is 0 Å². The van der Waals surface area contributed by atoms with Crippen LogP contribution in [-0.4, -0.2) is 21.7 Å². The van der Waals surface area contributed by atoms with Gasteiger partial charge in [0.1, 0.15) is 0 Å². The fourth-order valence-corrected chi connectivity index (χ4v) is 4.79. The van der Waals surface area contributed by atoms with E-state index in [1.54, 1.807) is 0 Å². The highest BCUT2D eigenvalue weighted by Gasteiger charge is 2.21. The number of nitrogens with zero attached hydrogens (tertiary/aromatic N) is 2. The molecular weight excluding hydrogens is 477 g/mol. The minimum Gasteiger partial charge on any atom is -0.348 e. The maximum absolute atomic E-state index is 13.1. The predicted octanol–water partition coefficient (Wildman–Crippen LogP) is 7.81. The molecule has 0 aliphatic heterocycles. The Hall–Kier alpha value is -2.30. The first-order chi connectivity index (χ1) is 16.9. The maximum atomic E-state index is 13.1. The predicted molar refractivity (Wildman–Crippen MR) is 147 cm³/mol. The van der Waals surface area contributed by atoms with Crippen LogP contribution < -0.4 is 5.32 Å². The number of hydrogen-bond donors (Lipinski definition) is 1. The van der Waals surface area contributed by atoms with Crippen molar-refractivity contribution in [2.24, 2.45) is 0 Å². The van der Waals surface area contributed by atoms with Crippen LogP contribution in [0.5, 0.6) is 0 Å². The minimum atomic E-state index is -0.0696. The van der Waals surface area contributed by atoms with Gasteiger partial charge in [0.15, 0.2) is 5.69 Å². The van der Waals surface area contributed by atoms with Gasteiger partial charge in [-0.15, -0.1) is 0 Å². The molecule has 2 aromatic carbocycles. The van der Waals surface area contributed by atoms with E-state index in [2.05, 4.69) is 32.2 Å². The summed E-state index contributed by atoms with van der Waals surface area (Å²) in [7, 11) is 0. The van der Waals surface area contributed by atoms with Gasteiger partial charge in [0.2, 0.25) is 0 Å². The van der Waals surface area contributed by atoms with Crippen molar-refractivity contribution in [3.8, 4) is 0 Å². The second-order valence-corrected chi connectivity index (χ2v) is 10.3. The molecule has 1 heterocycles. The molecule has 0 aliphatic rings. The SMILES string of the molecule is CCCC(C)NC(=O)c1nn(Cc2ccc(Cl)cc2)c(C)c1CCCCCCc1cccc(Cl)c1. The van der Waals surface area contributed by atoms with Crippen LogP contribution in [0.15, 0.2) is 48.5 Å². The van der Waals surface area contributed by atoms with Gasteiger partial charge in [-0.05, 0) is 81.3 Å². The summed E-state index contributed by atoms with van der Waals surface area (Å²) in [5.41, 5.74) is 5.09. The number of aryl methyl sites for hydroxylation is 1. The molecule has 3 aromatic rings. The Morgan fingerprint density at radius 1 is 0.971 bits per heavy atom. The Bertz CT molecular complexity index is 1090. The second kappa shape index (κ2) is 13.7. The largest absolute Gasteiger partial charge is 0.348 e. The molecule has 1 amide bonds. The monoisotopic (exact) mass is 513 g/mol. The fraction of sp³-hybridized carbons (Fsp3) is 0.448.